The molecule has 0 saturated carbocycles. The van der Waals surface area contributed by atoms with Crippen LogP contribution in [0.3, 0.4) is 0 Å². The summed E-state index contributed by atoms with van der Waals surface area (Å²) < 4.78 is 11.5. The molecule has 0 aromatic heterocycles. The number of nitro benzene ring substituents is 1. The van der Waals surface area contributed by atoms with Gasteiger partial charge >= 0.3 is 5.69 Å². The van der Waals surface area contributed by atoms with Crippen molar-refractivity contribution in [2.24, 2.45) is 5.84 Å². The van der Waals surface area contributed by atoms with E-state index in [1.165, 1.54) is 12.1 Å². The fraction of sp³-hybridized carbons (Fsp3) is 0.417. The Bertz CT molecular complexity index is 554. The molecule has 21 heavy (non-hydrogen) atoms. The number of nitrogens with zero attached hydrogens (tertiary/aromatic N) is 1. The van der Waals surface area contributed by atoms with Gasteiger partial charge in [0.2, 0.25) is 0 Å². The van der Waals surface area contributed by atoms with Crippen LogP contribution in [0.4, 0.5) is 5.69 Å². The summed E-state index contributed by atoms with van der Waals surface area (Å²) in [6.45, 7) is 0.136. The Morgan fingerprint density at radius 2 is 2.33 bits per heavy atom. The van der Waals surface area contributed by atoms with Crippen molar-refractivity contribution in [2.75, 3.05) is 6.61 Å². The van der Waals surface area contributed by atoms with Crippen LogP contribution in [0.5, 0.6) is 5.75 Å². The molecule has 1 fully saturated rings. The largest absolute Gasteiger partial charge is 0.484 e. The molecular formula is C12H14BrN3O5. The number of carbonyl (C=O) groups is 1. The van der Waals surface area contributed by atoms with Gasteiger partial charge in [0.15, 0.2) is 5.75 Å². The van der Waals surface area contributed by atoms with Crippen molar-refractivity contribution < 1.29 is 19.2 Å². The van der Waals surface area contributed by atoms with Gasteiger partial charge in [0.1, 0.15) is 12.7 Å². The smallest absolute Gasteiger partial charge is 0.312 e. The Kier molecular flexibility index (Phi) is 5.10. The molecule has 9 heteroatoms. The molecule has 1 amide bonds. The van der Waals surface area contributed by atoms with Gasteiger partial charge in [-0.2, -0.15) is 0 Å². The third-order valence-electron chi connectivity index (χ3n) is 3.08. The van der Waals surface area contributed by atoms with Crippen molar-refractivity contribution in [3.05, 3.63) is 32.8 Å². The molecule has 1 heterocycles. The molecule has 1 aromatic carbocycles. The number of nitrogens with two attached hydrogens (primary N) is 1. The second kappa shape index (κ2) is 6.83. The number of nitrogens with one attached hydrogen (secondary N) is 1. The lowest BCUT2D eigenvalue weighted by Gasteiger charge is -2.13. The Labute approximate surface area is 128 Å². The van der Waals surface area contributed by atoms with E-state index in [0.29, 0.717) is 17.3 Å². The average molecular weight is 360 g/mol. The van der Waals surface area contributed by atoms with Gasteiger partial charge in [0.05, 0.1) is 11.0 Å². The van der Waals surface area contributed by atoms with Crippen LogP contribution in [0.25, 0.3) is 0 Å². The van der Waals surface area contributed by atoms with E-state index in [9.17, 15) is 14.9 Å². The second-order valence-electron chi connectivity index (χ2n) is 4.51. The normalized spacial score (nSPS) is 21.0. The SMILES string of the molecule is NNC(=O)C1CCC(COc2ccc(Br)cc2[N+](=O)[O-])O1. The number of ether oxygens (including phenoxy) is 2. The number of hydrogen-bond donors (Lipinski definition) is 2. The van der Waals surface area contributed by atoms with Crippen molar-refractivity contribution in [3.8, 4) is 5.75 Å². The van der Waals surface area contributed by atoms with Crippen LogP contribution in [-0.2, 0) is 9.53 Å². The molecule has 2 rings (SSSR count). The van der Waals surface area contributed by atoms with E-state index in [2.05, 4.69) is 15.9 Å². The van der Waals surface area contributed by atoms with E-state index in [0.717, 1.165) is 0 Å². The van der Waals surface area contributed by atoms with Crippen molar-refractivity contribution in [3.63, 3.8) is 0 Å². The Morgan fingerprint density at radius 3 is 3.00 bits per heavy atom. The van der Waals surface area contributed by atoms with E-state index in [1.54, 1.807) is 6.07 Å². The molecule has 3 N–H and O–H groups in total. The fourth-order valence-electron chi connectivity index (χ4n) is 2.05. The molecule has 0 bridgehead atoms. The minimum Gasteiger partial charge on any atom is -0.484 e. The van der Waals surface area contributed by atoms with Gasteiger partial charge in [0, 0.05) is 10.5 Å². The highest BCUT2D eigenvalue weighted by atomic mass is 79.9. The van der Waals surface area contributed by atoms with Gasteiger partial charge < -0.3 is 9.47 Å². The predicted octanol–water partition coefficient (Wildman–Crippen LogP) is 1.27. The highest BCUT2D eigenvalue weighted by Gasteiger charge is 2.31. The first-order chi connectivity index (χ1) is 10.0. The maximum absolute atomic E-state index is 11.3. The Balaban J connectivity index is 1.95. The monoisotopic (exact) mass is 359 g/mol. The summed E-state index contributed by atoms with van der Waals surface area (Å²) in [7, 11) is 0. The summed E-state index contributed by atoms with van der Waals surface area (Å²) in [5.74, 6) is 4.82. The van der Waals surface area contributed by atoms with Crippen LogP contribution in [0, 0.1) is 10.1 Å². The van der Waals surface area contributed by atoms with Gasteiger partial charge in [-0.1, -0.05) is 15.9 Å². The highest BCUT2D eigenvalue weighted by molar-refractivity contribution is 9.10. The van der Waals surface area contributed by atoms with Crippen LogP contribution in [0.2, 0.25) is 0 Å². The highest BCUT2D eigenvalue weighted by Crippen LogP contribution is 2.31. The molecular weight excluding hydrogens is 346 g/mol. The summed E-state index contributed by atoms with van der Waals surface area (Å²) in [6.07, 6.45) is 0.279. The van der Waals surface area contributed by atoms with E-state index < -0.39 is 11.0 Å². The zero-order chi connectivity index (χ0) is 15.4. The van der Waals surface area contributed by atoms with Crippen LogP contribution in [0.1, 0.15) is 12.8 Å². The molecule has 114 valence electrons. The second-order valence-corrected chi connectivity index (χ2v) is 5.43. The quantitative estimate of drug-likeness (QED) is 0.354. The van der Waals surface area contributed by atoms with Crippen molar-refractivity contribution in [1.82, 2.24) is 5.43 Å². The van der Waals surface area contributed by atoms with Gasteiger partial charge in [-0.05, 0) is 25.0 Å². The van der Waals surface area contributed by atoms with E-state index >= 15 is 0 Å². The van der Waals surface area contributed by atoms with Crippen molar-refractivity contribution in [1.29, 1.82) is 0 Å². The summed E-state index contributed by atoms with van der Waals surface area (Å²) >= 11 is 3.17. The minimum absolute atomic E-state index is 0.126. The molecule has 0 aliphatic carbocycles. The zero-order valence-corrected chi connectivity index (χ0v) is 12.5. The number of hydrogen-bond acceptors (Lipinski definition) is 6. The van der Waals surface area contributed by atoms with E-state index in [4.69, 9.17) is 15.3 Å². The lowest BCUT2D eigenvalue weighted by molar-refractivity contribution is -0.386. The van der Waals surface area contributed by atoms with Crippen molar-refractivity contribution >= 4 is 27.5 Å². The van der Waals surface area contributed by atoms with Crippen LogP contribution in [-0.4, -0.2) is 29.6 Å². The number of halogens is 1. The minimum atomic E-state index is -0.594. The molecule has 2 unspecified atom stereocenters. The number of rotatable bonds is 5. The maximum atomic E-state index is 11.3. The van der Waals surface area contributed by atoms with E-state index in [1.807, 2.05) is 5.43 Å². The third kappa shape index (κ3) is 3.90. The first-order valence-corrected chi connectivity index (χ1v) is 7.03. The number of carbonyl (C=O) groups excluding carboxylic acids is 1. The standard InChI is InChI=1S/C12H14BrN3O5/c13-7-1-3-10(9(5-7)16(18)19)20-6-8-2-4-11(21-8)12(17)15-14/h1,3,5,8,11H,2,4,6,14H2,(H,15,17). The first-order valence-electron chi connectivity index (χ1n) is 6.24. The van der Waals surface area contributed by atoms with Gasteiger partial charge in [-0.3, -0.25) is 20.3 Å². The molecule has 0 radical (unpaired) electrons. The first kappa shape index (κ1) is 15.7. The van der Waals surface area contributed by atoms with E-state index in [-0.39, 0.29) is 30.1 Å². The molecule has 2 atom stereocenters. The Hall–Kier alpha value is -1.71. The summed E-state index contributed by atoms with van der Waals surface area (Å²) in [5.41, 5.74) is 1.91. The number of benzene rings is 1. The molecule has 1 aromatic rings. The summed E-state index contributed by atoms with van der Waals surface area (Å²) in [6, 6.07) is 4.54. The lowest BCUT2D eigenvalue weighted by Crippen LogP contribution is -2.39. The van der Waals surface area contributed by atoms with Crippen LogP contribution < -0.4 is 16.0 Å². The predicted molar refractivity (Wildman–Crippen MR) is 76.5 cm³/mol. The topological polar surface area (TPSA) is 117 Å². The van der Waals surface area contributed by atoms with Gasteiger partial charge in [-0.25, -0.2) is 5.84 Å². The zero-order valence-electron chi connectivity index (χ0n) is 11.0. The number of hydrazine groups is 1. The average Bonchev–Trinajstić information content (AvgIpc) is 2.93. The number of nitro groups is 1. The molecule has 0 spiro atoms. The van der Waals surface area contributed by atoms with Crippen LogP contribution >= 0.6 is 15.9 Å². The molecule has 1 saturated heterocycles. The maximum Gasteiger partial charge on any atom is 0.312 e. The Morgan fingerprint density at radius 1 is 1.57 bits per heavy atom. The third-order valence-corrected chi connectivity index (χ3v) is 3.58. The summed E-state index contributed by atoms with van der Waals surface area (Å²) in [4.78, 5) is 21.8. The van der Waals surface area contributed by atoms with Gasteiger partial charge in [-0.15, -0.1) is 0 Å². The molecule has 8 nitrogen and oxygen atoms in total. The summed E-state index contributed by atoms with van der Waals surface area (Å²) in [5, 5.41) is 11.0. The molecule has 1 aliphatic heterocycles. The fourth-order valence-corrected chi connectivity index (χ4v) is 2.40. The van der Waals surface area contributed by atoms with Crippen LogP contribution in [0.15, 0.2) is 22.7 Å². The molecule has 1 aliphatic rings. The van der Waals surface area contributed by atoms with Crippen molar-refractivity contribution in [2.45, 2.75) is 25.0 Å². The lowest BCUT2D eigenvalue weighted by atomic mass is 10.2. The number of amides is 1. The van der Waals surface area contributed by atoms with Gasteiger partial charge in [0.25, 0.3) is 5.91 Å².